The Hall–Kier alpha value is -2.68. The van der Waals surface area contributed by atoms with E-state index in [0.717, 1.165) is 44.2 Å². The average Bonchev–Trinajstić information content (AvgIpc) is 3.60. The summed E-state index contributed by atoms with van der Waals surface area (Å²) < 4.78 is 72.7. The lowest BCUT2D eigenvalue weighted by Crippen LogP contribution is -2.45. The summed E-state index contributed by atoms with van der Waals surface area (Å²) in [5.41, 5.74) is 2.81. The first-order valence-corrected chi connectivity index (χ1v) is 16.2. The van der Waals surface area contributed by atoms with Crippen molar-refractivity contribution in [1.29, 1.82) is 0 Å². The van der Waals surface area contributed by atoms with Gasteiger partial charge in [0.05, 0.1) is 22.0 Å². The van der Waals surface area contributed by atoms with Crippen molar-refractivity contribution in [2.24, 2.45) is 0 Å². The molecule has 0 radical (unpaired) electrons. The number of piperidine rings is 1. The minimum atomic E-state index is -4.57. The molecule has 1 amide bonds. The van der Waals surface area contributed by atoms with Gasteiger partial charge in [0.1, 0.15) is 0 Å². The molecule has 0 unspecified atom stereocenters. The zero-order valence-corrected chi connectivity index (χ0v) is 25.4. The number of hydrazine groups is 1. The lowest BCUT2D eigenvalue weighted by Gasteiger charge is -2.26. The second kappa shape index (κ2) is 13.1. The Labute approximate surface area is 257 Å². The molecule has 1 saturated carbocycles. The Morgan fingerprint density at radius 1 is 0.977 bits per heavy atom. The Morgan fingerprint density at radius 2 is 1.65 bits per heavy atom. The van der Waals surface area contributed by atoms with Crippen molar-refractivity contribution in [2.75, 3.05) is 13.1 Å². The highest BCUT2D eigenvalue weighted by Gasteiger charge is 2.32. The van der Waals surface area contributed by atoms with Gasteiger partial charge in [0.25, 0.3) is 16.1 Å². The quantitative estimate of drug-likeness (QED) is 0.267. The molecule has 2 aromatic carbocycles. The number of benzene rings is 2. The predicted octanol–water partition coefficient (Wildman–Crippen LogP) is 5.86. The van der Waals surface area contributed by atoms with Crippen LogP contribution in [-0.4, -0.2) is 48.2 Å². The van der Waals surface area contributed by atoms with Crippen molar-refractivity contribution in [3.05, 3.63) is 69.3 Å². The molecule has 1 aromatic heterocycles. The molecule has 15 heteroatoms. The van der Waals surface area contributed by atoms with Crippen LogP contribution in [-0.2, 0) is 22.9 Å². The second-order valence-corrected chi connectivity index (χ2v) is 13.0. The molecule has 0 spiro atoms. The summed E-state index contributed by atoms with van der Waals surface area (Å²) in [5, 5.41) is 6.84. The molecule has 2 fully saturated rings. The molecule has 9 nitrogen and oxygen atoms in total. The van der Waals surface area contributed by atoms with Gasteiger partial charge in [0.15, 0.2) is 5.69 Å². The number of hydrogen-bond acceptors (Lipinski definition) is 5. The number of carbonyl (C=O) groups is 1. The fourth-order valence-corrected chi connectivity index (χ4v) is 7.00. The summed E-state index contributed by atoms with van der Waals surface area (Å²) in [7, 11) is -4.00. The molecule has 5 rings (SSSR count). The summed E-state index contributed by atoms with van der Waals surface area (Å²) in [6.07, 6.45) is 1.53. The first-order valence-electron chi connectivity index (χ1n) is 14.0. The molecule has 1 saturated heterocycles. The molecule has 0 atom stereocenters. The Bertz CT molecular complexity index is 1570. The van der Waals surface area contributed by atoms with Gasteiger partial charge in [0, 0.05) is 41.8 Å². The van der Waals surface area contributed by atoms with Gasteiger partial charge in [-0.15, -0.1) is 0 Å². The third-order valence-corrected chi connectivity index (χ3v) is 9.26. The van der Waals surface area contributed by atoms with E-state index in [4.69, 9.17) is 23.2 Å². The zero-order chi connectivity index (χ0) is 30.8. The van der Waals surface area contributed by atoms with Crippen molar-refractivity contribution >= 4 is 39.3 Å². The van der Waals surface area contributed by atoms with Crippen molar-refractivity contribution < 1.29 is 26.4 Å². The van der Waals surface area contributed by atoms with E-state index in [2.05, 4.69) is 20.0 Å². The summed E-state index contributed by atoms with van der Waals surface area (Å²) in [6, 6.07) is 8.72. The second-order valence-electron chi connectivity index (χ2n) is 10.7. The van der Waals surface area contributed by atoms with Gasteiger partial charge >= 0.3 is 6.18 Å². The molecule has 1 aliphatic heterocycles. The van der Waals surface area contributed by atoms with E-state index < -0.39 is 27.9 Å². The predicted molar refractivity (Wildman–Crippen MR) is 158 cm³/mol. The van der Waals surface area contributed by atoms with E-state index in [-0.39, 0.29) is 40.1 Å². The summed E-state index contributed by atoms with van der Waals surface area (Å²) in [4.78, 5) is 13.7. The number of nitrogens with one attached hydrogen (secondary N) is 3. The number of halogens is 5. The molecule has 43 heavy (non-hydrogen) atoms. The van der Waals surface area contributed by atoms with Gasteiger partial charge < -0.3 is 0 Å². The molecule has 232 valence electrons. The van der Waals surface area contributed by atoms with Crippen LogP contribution in [0, 0.1) is 0 Å². The number of carbonyl (C=O) groups excluding carboxylic acids is 1. The van der Waals surface area contributed by atoms with Crippen LogP contribution < -0.4 is 14.9 Å². The third-order valence-electron chi connectivity index (χ3n) is 7.55. The van der Waals surface area contributed by atoms with Crippen molar-refractivity contribution in [3.8, 4) is 16.9 Å². The van der Waals surface area contributed by atoms with E-state index in [0.29, 0.717) is 36.6 Å². The van der Waals surface area contributed by atoms with E-state index in [9.17, 15) is 26.4 Å². The Kier molecular flexibility index (Phi) is 9.69. The molecule has 2 heterocycles. The topological polar surface area (TPSA) is 108 Å². The number of nitrogens with zero attached hydrogens (tertiary/aromatic N) is 3. The number of amides is 1. The van der Waals surface area contributed by atoms with Crippen molar-refractivity contribution in [1.82, 2.24) is 29.7 Å². The van der Waals surface area contributed by atoms with Crippen molar-refractivity contribution in [2.45, 2.75) is 63.7 Å². The fraction of sp³-hybridized carbons (Fsp3) is 0.429. The van der Waals surface area contributed by atoms with E-state index in [1.54, 1.807) is 17.1 Å². The van der Waals surface area contributed by atoms with E-state index in [1.165, 1.54) is 22.9 Å². The van der Waals surface area contributed by atoms with E-state index >= 15 is 0 Å². The number of hydrogen-bond donors (Lipinski definition) is 3. The lowest BCUT2D eigenvalue weighted by molar-refractivity contribution is -0.137. The highest BCUT2D eigenvalue weighted by atomic mass is 35.5. The van der Waals surface area contributed by atoms with E-state index in [1.807, 2.05) is 0 Å². The highest BCUT2D eigenvalue weighted by molar-refractivity contribution is 7.87. The Morgan fingerprint density at radius 3 is 2.28 bits per heavy atom. The van der Waals surface area contributed by atoms with Gasteiger partial charge in [-0.25, -0.2) is 9.69 Å². The summed E-state index contributed by atoms with van der Waals surface area (Å²) in [5.74, 6) is -0.586. The van der Waals surface area contributed by atoms with Crippen molar-refractivity contribution in [3.63, 3.8) is 0 Å². The van der Waals surface area contributed by atoms with Crippen LogP contribution in [0.15, 0.2) is 42.5 Å². The maximum Gasteiger partial charge on any atom is 0.416 e. The minimum absolute atomic E-state index is 0.102. The zero-order valence-electron chi connectivity index (χ0n) is 23.1. The minimum Gasteiger partial charge on any atom is -0.283 e. The molecule has 3 N–H and O–H groups in total. The molecule has 2 aliphatic rings. The monoisotopic (exact) mass is 658 g/mol. The average molecular weight is 660 g/mol. The molecule has 0 bridgehead atoms. The van der Waals surface area contributed by atoms with Crippen LogP contribution in [0.2, 0.25) is 10.0 Å². The SMILES string of the molecule is O=C(NN1CCCCC1)c1nn(-c2ccc(Cl)cc2Cl)c(-c2ccc(C(F)(F)F)cc2)c1CNS(=O)(=O)NC1CCCC1. The fourth-order valence-electron chi connectivity index (χ4n) is 5.42. The maximum atomic E-state index is 13.7. The van der Waals surface area contributed by atoms with Gasteiger partial charge in [-0.3, -0.25) is 10.2 Å². The number of alkyl halides is 3. The lowest BCUT2D eigenvalue weighted by atomic mass is 10.0. The first-order chi connectivity index (χ1) is 20.4. The molecule has 1 aliphatic carbocycles. The van der Waals surface area contributed by atoms with Crippen LogP contribution >= 0.6 is 23.2 Å². The molecular formula is C28H31Cl2F3N6O3S. The van der Waals surface area contributed by atoms with Crippen LogP contribution in [0.1, 0.15) is 66.6 Å². The number of aromatic nitrogens is 2. The molecular weight excluding hydrogens is 628 g/mol. The van der Waals surface area contributed by atoms with Crippen LogP contribution in [0.5, 0.6) is 0 Å². The first kappa shape index (κ1) is 31.7. The highest BCUT2D eigenvalue weighted by Crippen LogP contribution is 2.36. The normalized spacial score (nSPS) is 17.0. The van der Waals surface area contributed by atoms with Gasteiger partial charge in [-0.1, -0.05) is 54.6 Å². The smallest absolute Gasteiger partial charge is 0.283 e. The van der Waals surface area contributed by atoms with Crippen LogP contribution in [0.25, 0.3) is 16.9 Å². The van der Waals surface area contributed by atoms with Gasteiger partial charge in [-0.05, 0) is 56.0 Å². The standard InChI is InChI=1S/C28H31Cl2F3N6O3S/c29-20-12-13-24(23(30)16-20)39-26(18-8-10-19(11-9-18)28(31,32)33)22(17-34-43(41,42)37-21-6-2-3-7-21)25(35-39)27(40)36-38-14-4-1-5-15-38/h8-13,16,21,34,37H,1-7,14-15,17H2,(H,36,40). The van der Waals surface area contributed by atoms with Gasteiger partial charge in [-0.2, -0.15) is 36.1 Å². The summed E-state index contributed by atoms with van der Waals surface area (Å²) in [6.45, 7) is 0.898. The van der Waals surface area contributed by atoms with Crippen LogP contribution in [0.4, 0.5) is 13.2 Å². The number of rotatable bonds is 9. The molecule has 3 aromatic rings. The third kappa shape index (κ3) is 7.70. The summed E-state index contributed by atoms with van der Waals surface area (Å²) >= 11 is 12.6. The van der Waals surface area contributed by atoms with Crippen LogP contribution in [0.3, 0.4) is 0 Å². The maximum absolute atomic E-state index is 13.7. The Balaban J connectivity index is 1.62. The van der Waals surface area contributed by atoms with Gasteiger partial charge in [0.2, 0.25) is 0 Å². The largest absolute Gasteiger partial charge is 0.416 e.